The molecule has 0 saturated carbocycles. The van der Waals surface area contributed by atoms with E-state index in [4.69, 9.17) is 0 Å². The summed E-state index contributed by atoms with van der Waals surface area (Å²) in [7, 11) is 0. The van der Waals surface area contributed by atoms with E-state index in [0.29, 0.717) is 5.25 Å². The van der Waals surface area contributed by atoms with E-state index in [1.165, 1.54) is 30.6 Å². The minimum atomic E-state index is 0.529. The standard InChI is InChI=1S/C13H21N3S/c1-2-6-14-8-11-9-15-13(16-10-11)12-5-3-4-7-17-12/h9-10,12,14H,2-8H2,1H3. The Balaban J connectivity index is 1.88. The molecule has 1 fully saturated rings. The predicted octanol–water partition coefficient (Wildman–Crippen LogP) is 2.93. The third-order valence-electron chi connectivity index (χ3n) is 2.95. The summed E-state index contributed by atoms with van der Waals surface area (Å²) in [6.07, 6.45) is 9.01. The number of nitrogens with zero attached hydrogens (tertiary/aromatic N) is 2. The summed E-state index contributed by atoms with van der Waals surface area (Å²) >= 11 is 2.00. The van der Waals surface area contributed by atoms with E-state index in [2.05, 4.69) is 22.2 Å². The summed E-state index contributed by atoms with van der Waals surface area (Å²) in [5.74, 6) is 2.28. The molecule has 3 nitrogen and oxygen atoms in total. The summed E-state index contributed by atoms with van der Waals surface area (Å²) in [5, 5.41) is 3.89. The highest BCUT2D eigenvalue weighted by Gasteiger charge is 2.18. The Labute approximate surface area is 108 Å². The maximum absolute atomic E-state index is 4.51. The van der Waals surface area contributed by atoms with Crippen LogP contribution in [0, 0.1) is 0 Å². The van der Waals surface area contributed by atoms with Gasteiger partial charge in [0.1, 0.15) is 5.82 Å². The van der Waals surface area contributed by atoms with Crippen molar-refractivity contribution in [1.29, 1.82) is 0 Å². The molecule has 0 bridgehead atoms. The number of hydrogen-bond donors (Lipinski definition) is 1. The minimum absolute atomic E-state index is 0.529. The van der Waals surface area contributed by atoms with Gasteiger partial charge in [0, 0.05) is 24.5 Å². The van der Waals surface area contributed by atoms with Gasteiger partial charge < -0.3 is 5.32 Å². The van der Waals surface area contributed by atoms with Crippen molar-refractivity contribution < 1.29 is 0 Å². The fraction of sp³-hybridized carbons (Fsp3) is 0.692. The first-order valence-corrected chi connectivity index (χ1v) is 7.58. The van der Waals surface area contributed by atoms with Gasteiger partial charge >= 0.3 is 0 Å². The van der Waals surface area contributed by atoms with E-state index >= 15 is 0 Å². The van der Waals surface area contributed by atoms with Crippen molar-refractivity contribution in [2.45, 2.75) is 44.4 Å². The lowest BCUT2D eigenvalue weighted by atomic mass is 10.2. The normalized spacial score (nSPS) is 20.4. The van der Waals surface area contributed by atoms with Crippen LogP contribution in [0.15, 0.2) is 12.4 Å². The monoisotopic (exact) mass is 251 g/mol. The number of nitrogens with one attached hydrogen (secondary N) is 1. The third-order valence-corrected chi connectivity index (χ3v) is 4.32. The molecule has 1 saturated heterocycles. The molecular weight excluding hydrogens is 230 g/mol. The highest BCUT2D eigenvalue weighted by atomic mass is 32.2. The topological polar surface area (TPSA) is 37.8 Å². The van der Waals surface area contributed by atoms with Gasteiger partial charge in [0.05, 0.1) is 5.25 Å². The van der Waals surface area contributed by atoms with Crippen LogP contribution in [0.2, 0.25) is 0 Å². The second-order valence-corrected chi connectivity index (χ2v) is 5.79. The lowest BCUT2D eigenvalue weighted by Gasteiger charge is -2.19. The van der Waals surface area contributed by atoms with Crippen molar-refractivity contribution in [3.05, 3.63) is 23.8 Å². The zero-order chi connectivity index (χ0) is 11.9. The average Bonchev–Trinajstić information content (AvgIpc) is 2.41. The summed E-state index contributed by atoms with van der Waals surface area (Å²) in [6, 6.07) is 0. The molecule has 1 atom stereocenters. The molecule has 1 aliphatic heterocycles. The van der Waals surface area contributed by atoms with Crippen LogP contribution >= 0.6 is 11.8 Å². The average molecular weight is 251 g/mol. The van der Waals surface area contributed by atoms with Crippen LogP contribution < -0.4 is 5.32 Å². The maximum atomic E-state index is 4.51. The van der Waals surface area contributed by atoms with Gasteiger partial charge in [-0.3, -0.25) is 0 Å². The van der Waals surface area contributed by atoms with Gasteiger partial charge in [-0.1, -0.05) is 13.3 Å². The molecule has 0 radical (unpaired) electrons. The van der Waals surface area contributed by atoms with Gasteiger partial charge in [-0.2, -0.15) is 11.8 Å². The molecule has 94 valence electrons. The molecule has 1 unspecified atom stereocenters. The van der Waals surface area contributed by atoms with Gasteiger partial charge in [0.25, 0.3) is 0 Å². The first-order valence-electron chi connectivity index (χ1n) is 6.53. The van der Waals surface area contributed by atoms with Crippen molar-refractivity contribution in [1.82, 2.24) is 15.3 Å². The van der Waals surface area contributed by atoms with Crippen molar-refractivity contribution in [3.63, 3.8) is 0 Å². The maximum Gasteiger partial charge on any atom is 0.141 e. The highest BCUT2D eigenvalue weighted by Crippen LogP contribution is 2.36. The van der Waals surface area contributed by atoms with Gasteiger partial charge in [0.15, 0.2) is 0 Å². The molecule has 0 aromatic carbocycles. The fourth-order valence-electron chi connectivity index (χ4n) is 1.98. The zero-order valence-electron chi connectivity index (χ0n) is 10.5. The van der Waals surface area contributed by atoms with Crippen LogP contribution in [0.3, 0.4) is 0 Å². The van der Waals surface area contributed by atoms with E-state index in [-0.39, 0.29) is 0 Å². The molecule has 2 heterocycles. The lowest BCUT2D eigenvalue weighted by molar-refractivity contribution is 0.651. The quantitative estimate of drug-likeness (QED) is 0.817. The second-order valence-electron chi connectivity index (χ2n) is 4.48. The van der Waals surface area contributed by atoms with Gasteiger partial charge in [0.2, 0.25) is 0 Å². The third kappa shape index (κ3) is 3.96. The minimum Gasteiger partial charge on any atom is -0.313 e. The van der Waals surface area contributed by atoms with Crippen molar-refractivity contribution in [2.75, 3.05) is 12.3 Å². The van der Waals surface area contributed by atoms with Crippen LogP contribution in [0.1, 0.15) is 49.2 Å². The van der Waals surface area contributed by atoms with Crippen LogP contribution in [-0.2, 0) is 6.54 Å². The Morgan fingerprint density at radius 1 is 1.35 bits per heavy atom. The number of rotatable bonds is 5. The SMILES string of the molecule is CCCNCc1cnc(C2CCCCS2)nc1. The van der Waals surface area contributed by atoms with E-state index in [1.54, 1.807) is 0 Å². The Hall–Kier alpha value is -0.610. The first kappa shape index (κ1) is 12.8. The Kier molecular flexibility index (Phi) is 5.26. The number of aromatic nitrogens is 2. The van der Waals surface area contributed by atoms with Crippen LogP contribution in [0.4, 0.5) is 0 Å². The zero-order valence-corrected chi connectivity index (χ0v) is 11.3. The first-order chi connectivity index (χ1) is 8.40. The molecule has 1 aromatic rings. The van der Waals surface area contributed by atoms with E-state index in [1.807, 2.05) is 24.2 Å². The molecule has 2 rings (SSSR count). The molecule has 0 spiro atoms. The van der Waals surface area contributed by atoms with Crippen LogP contribution in [0.5, 0.6) is 0 Å². The van der Waals surface area contributed by atoms with Crippen LogP contribution in [0.25, 0.3) is 0 Å². The lowest BCUT2D eigenvalue weighted by Crippen LogP contribution is -2.14. The van der Waals surface area contributed by atoms with Crippen LogP contribution in [-0.4, -0.2) is 22.3 Å². The molecule has 4 heteroatoms. The van der Waals surface area contributed by atoms with Crippen molar-refractivity contribution in [2.24, 2.45) is 0 Å². The van der Waals surface area contributed by atoms with Gasteiger partial charge in [-0.25, -0.2) is 9.97 Å². The predicted molar refractivity (Wildman–Crippen MR) is 73.1 cm³/mol. The molecular formula is C13H21N3S. The summed E-state index contributed by atoms with van der Waals surface area (Å²) in [5.41, 5.74) is 1.18. The molecule has 1 aromatic heterocycles. The summed E-state index contributed by atoms with van der Waals surface area (Å²) in [6.45, 7) is 4.11. The highest BCUT2D eigenvalue weighted by molar-refractivity contribution is 7.99. The Morgan fingerprint density at radius 3 is 2.82 bits per heavy atom. The van der Waals surface area contributed by atoms with E-state index in [0.717, 1.165) is 25.3 Å². The Morgan fingerprint density at radius 2 is 2.18 bits per heavy atom. The molecule has 1 N–H and O–H groups in total. The molecule has 1 aliphatic rings. The number of thioether (sulfide) groups is 1. The summed E-state index contributed by atoms with van der Waals surface area (Å²) in [4.78, 5) is 9.02. The van der Waals surface area contributed by atoms with Crippen molar-refractivity contribution >= 4 is 11.8 Å². The second kappa shape index (κ2) is 6.97. The van der Waals surface area contributed by atoms with Gasteiger partial charge in [-0.05, 0) is 31.6 Å². The van der Waals surface area contributed by atoms with E-state index < -0.39 is 0 Å². The molecule has 17 heavy (non-hydrogen) atoms. The Bertz CT molecular complexity index is 320. The smallest absolute Gasteiger partial charge is 0.141 e. The molecule has 0 amide bonds. The van der Waals surface area contributed by atoms with Gasteiger partial charge in [-0.15, -0.1) is 0 Å². The number of hydrogen-bond acceptors (Lipinski definition) is 4. The largest absolute Gasteiger partial charge is 0.313 e. The van der Waals surface area contributed by atoms with E-state index in [9.17, 15) is 0 Å². The van der Waals surface area contributed by atoms with Crippen molar-refractivity contribution in [3.8, 4) is 0 Å². The summed E-state index contributed by atoms with van der Waals surface area (Å²) < 4.78 is 0. The fourth-order valence-corrected chi connectivity index (χ4v) is 3.24. The molecule has 0 aliphatic carbocycles.